The molecule has 0 heterocycles. The number of hydrogen-bond donors (Lipinski definition) is 0. The van der Waals surface area contributed by atoms with Crippen LogP contribution in [0.4, 0.5) is 4.39 Å². The van der Waals surface area contributed by atoms with Crippen LogP contribution in [0.2, 0.25) is 0 Å². The number of hydrogen-bond acceptors (Lipinski definition) is 3. The molecule has 1 amide bonds. The Bertz CT molecular complexity index is 688. The third kappa shape index (κ3) is 4.00. The van der Waals surface area contributed by atoms with E-state index < -0.39 is 0 Å². The summed E-state index contributed by atoms with van der Waals surface area (Å²) in [5, 5.41) is 0. The summed E-state index contributed by atoms with van der Waals surface area (Å²) >= 11 is 0. The molecule has 4 nitrogen and oxygen atoms in total. The summed E-state index contributed by atoms with van der Waals surface area (Å²) in [4.78, 5) is 14.4. The lowest BCUT2D eigenvalue weighted by Crippen LogP contribution is -2.30. The molecule has 2 rings (SSSR count). The molecule has 0 atom stereocenters. The van der Waals surface area contributed by atoms with Gasteiger partial charge in [0.2, 0.25) is 0 Å². The quantitative estimate of drug-likeness (QED) is 0.818. The molecule has 0 fully saturated rings. The summed E-state index contributed by atoms with van der Waals surface area (Å²) in [6.07, 6.45) is 0. The molecule has 2 aromatic carbocycles. The second kappa shape index (κ2) is 7.63. The fourth-order valence-electron chi connectivity index (χ4n) is 2.33. The van der Waals surface area contributed by atoms with Gasteiger partial charge in [0, 0.05) is 19.2 Å². The van der Waals surface area contributed by atoms with E-state index >= 15 is 0 Å². The molecule has 5 heteroatoms. The number of benzene rings is 2. The van der Waals surface area contributed by atoms with Gasteiger partial charge in [-0.05, 0) is 36.8 Å². The first kappa shape index (κ1) is 16.8. The zero-order valence-corrected chi connectivity index (χ0v) is 13.5. The highest BCUT2D eigenvalue weighted by molar-refractivity contribution is 5.97. The summed E-state index contributed by atoms with van der Waals surface area (Å²) in [5.74, 6) is 0.586. The Kier molecular flexibility index (Phi) is 5.57. The van der Waals surface area contributed by atoms with Gasteiger partial charge in [-0.2, -0.15) is 0 Å². The smallest absolute Gasteiger partial charge is 0.257 e. The van der Waals surface area contributed by atoms with Crippen molar-refractivity contribution in [2.24, 2.45) is 0 Å². The number of amides is 1. The minimum Gasteiger partial charge on any atom is -0.497 e. The first-order chi connectivity index (χ1) is 11.1. The Morgan fingerprint density at radius 3 is 2.52 bits per heavy atom. The van der Waals surface area contributed by atoms with Crippen molar-refractivity contribution in [2.45, 2.75) is 13.5 Å². The Hall–Kier alpha value is -2.56. The van der Waals surface area contributed by atoms with Crippen LogP contribution >= 0.6 is 0 Å². The van der Waals surface area contributed by atoms with E-state index in [1.165, 1.54) is 19.2 Å². The zero-order valence-electron chi connectivity index (χ0n) is 13.5. The Labute approximate surface area is 135 Å². The first-order valence-corrected chi connectivity index (χ1v) is 7.34. The predicted molar refractivity (Wildman–Crippen MR) is 86.4 cm³/mol. The van der Waals surface area contributed by atoms with E-state index in [0.29, 0.717) is 30.2 Å². The molecule has 0 N–H and O–H groups in total. The molecule has 0 bridgehead atoms. The molecule has 0 radical (unpaired) electrons. The van der Waals surface area contributed by atoms with Gasteiger partial charge in [-0.15, -0.1) is 0 Å². The second-order valence-corrected chi connectivity index (χ2v) is 5.02. The van der Waals surface area contributed by atoms with Crippen molar-refractivity contribution in [3.05, 3.63) is 59.4 Å². The van der Waals surface area contributed by atoms with Crippen molar-refractivity contribution >= 4 is 5.91 Å². The van der Waals surface area contributed by atoms with Crippen molar-refractivity contribution in [2.75, 3.05) is 20.8 Å². The summed E-state index contributed by atoms with van der Waals surface area (Å²) in [5.41, 5.74) is 1.19. The average molecular weight is 317 g/mol. The minimum absolute atomic E-state index is 0.170. The van der Waals surface area contributed by atoms with Crippen LogP contribution in [0.25, 0.3) is 0 Å². The Morgan fingerprint density at radius 2 is 1.91 bits per heavy atom. The highest BCUT2D eigenvalue weighted by Gasteiger charge is 2.19. The Morgan fingerprint density at radius 1 is 1.13 bits per heavy atom. The van der Waals surface area contributed by atoms with E-state index in [2.05, 4.69) is 0 Å². The minimum atomic E-state index is -0.312. The third-order valence-electron chi connectivity index (χ3n) is 3.57. The SMILES string of the molecule is CCN(Cc1cccc(F)c1)C(=O)c1ccc(OC)cc1OC. The lowest BCUT2D eigenvalue weighted by molar-refractivity contribution is 0.0749. The maximum atomic E-state index is 13.3. The van der Waals surface area contributed by atoms with Gasteiger partial charge in [0.1, 0.15) is 17.3 Å². The molecule has 0 saturated heterocycles. The number of carbonyl (C=O) groups excluding carboxylic acids is 1. The van der Waals surface area contributed by atoms with Crippen molar-refractivity contribution in [1.29, 1.82) is 0 Å². The van der Waals surface area contributed by atoms with E-state index in [1.807, 2.05) is 6.92 Å². The van der Waals surface area contributed by atoms with Gasteiger partial charge >= 0.3 is 0 Å². The van der Waals surface area contributed by atoms with Gasteiger partial charge in [0.25, 0.3) is 5.91 Å². The fourth-order valence-corrected chi connectivity index (χ4v) is 2.33. The molecule has 23 heavy (non-hydrogen) atoms. The molecule has 0 spiro atoms. The highest BCUT2D eigenvalue weighted by atomic mass is 19.1. The maximum Gasteiger partial charge on any atom is 0.257 e. The number of carbonyl (C=O) groups is 1. The van der Waals surface area contributed by atoms with Gasteiger partial charge in [-0.25, -0.2) is 4.39 Å². The predicted octanol–water partition coefficient (Wildman–Crippen LogP) is 3.51. The van der Waals surface area contributed by atoms with Gasteiger partial charge in [-0.3, -0.25) is 4.79 Å². The summed E-state index contributed by atoms with van der Waals surface area (Å²) in [6.45, 7) is 2.72. The molecule has 0 saturated carbocycles. The van der Waals surface area contributed by atoms with Crippen LogP contribution in [-0.4, -0.2) is 31.6 Å². The topological polar surface area (TPSA) is 38.8 Å². The van der Waals surface area contributed by atoms with Gasteiger partial charge in [0.15, 0.2) is 0 Å². The first-order valence-electron chi connectivity index (χ1n) is 7.34. The van der Waals surface area contributed by atoms with Crippen LogP contribution in [0.15, 0.2) is 42.5 Å². The molecule has 0 unspecified atom stereocenters. The molecule has 0 aliphatic rings. The van der Waals surface area contributed by atoms with Gasteiger partial charge in [-0.1, -0.05) is 12.1 Å². The third-order valence-corrected chi connectivity index (χ3v) is 3.57. The van der Waals surface area contributed by atoms with Crippen LogP contribution in [0.5, 0.6) is 11.5 Å². The van der Waals surface area contributed by atoms with Crippen LogP contribution in [0.1, 0.15) is 22.8 Å². The monoisotopic (exact) mass is 317 g/mol. The lowest BCUT2D eigenvalue weighted by atomic mass is 10.1. The normalized spacial score (nSPS) is 10.3. The van der Waals surface area contributed by atoms with Gasteiger partial charge in [0.05, 0.1) is 19.8 Å². The number of rotatable bonds is 6. The second-order valence-electron chi connectivity index (χ2n) is 5.02. The van der Waals surface area contributed by atoms with Gasteiger partial charge < -0.3 is 14.4 Å². The molecule has 122 valence electrons. The van der Waals surface area contributed by atoms with Crippen molar-refractivity contribution < 1.29 is 18.7 Å². The van der Waals surface area contributed by atoms with E-state index in [0.717, 1.165) is 5.56 Å². The maximum absolute atomic E-state index is 13.3. The van der Waals surface area contributed by atoms with E-state index in [1.54, 1.807) is 42.3 Å². The summed E-state index contributed by atoms with van der Waals surface area (Å²) in [6, 6.07) is 11.3. The fraction of sp³-hybridized carbons (Fsp3) is 0.278. The largest absolute Gasteiger partial charge is 0.497 e. The molecule has 0 aliphatic carbocycles. The zero-order chi connectivity index (χ0) is 16.8. The van der Waals surface area contributed by atoms with E-state index in [-0.39, 0.29) is 11.7 Å². The van der Waals surface area contributed by atoms with Crippen LogP contribution in [0.3, 0.4) is 0 Å². The molecular formula is C18H20FNO3. The summed E-state index contributed by atoms with van der Waals surface area (Å²) < 4.78 is 23.7. The van der Waals surface area contributed by atoms with Crippen molar-refractivity contribution in [1.82, 2.24) is 4.90 Å². The Balaban J connectivity index is 2.26. The summed E-state index contributed by atoms with van der Waals surface area (Å²) in [7, 11) is 3.06. The molecular weight excluding hydrogens is 297 g/mol. The van der Waals surface area contributed by atoms with Crippen LogP contribution < -0.4 is 9.47 Å². The van der Waals surface area contributed by atoms with E-state index in [9.17, 15) is 9.18 Å². The lowest BCUT2D eigenvalue weighted by Gasteiger charge is -2.22. The number of halogens is 1. The number of ether oxygens (including phenoxy) is 2. The highest BCUT2D eigenvalue weighted by Crippen LogP contribution is 2.26. The van der Waals surface area contributed by atoms with Crippen molar-refractivity contribution in [3.8, 4) is 11.5 Å². The standard InChI is InChI=1S/C18H20FNO3/c1-4-20(12-13-6-5-7-14(19)10-13)18(21)16-9-8-15(22-2)11-17(16)23-3/h5-11H,4,12H2,1-3H3. The molecule has 0 aromatic heterocycles. The number of nitrogens with zero attached hydrogens (tertiary/aromatic N) is 1. The molecule has 2 aromatic rings. The van der Waals surface area contributed by atoms with E-state index in [4.69, 9.17) is 9.47 Å². The number of methoxy groups -OCH3 is 2. The van der Waals surface area contributed by atoms with Crippen molar-refractivity contribution in [3.63, 3.8) is 0 Å². The average Bonchev–Trinajstić information content (AvgIpc) is 2.58. The van der Waals surface area contributed by atoms with Crippen LogP contribution in [0, 0.1) is 5.82 Å². The van der Waals surface area contributed by atoms with Crippen LogP contribution in [-0.2, 0) is 6.54 Å². The molecule has 0 aliphatic heterocycles.